The van der Waals surface area contributed by atoms with Crippen LogP contribution in [-0.2, 0) is 24.8 Å². The molecule has 1 N–H and O–H groups in total. The Morgan fingerprint density at radius 3 is 1.86 bits per heavy atom. The zero-order valence-electron chi connectivity index (χ0n) is 20.7. The summed E-state index contributed by atoms with van der Waals surface area (Å²) in [7, 11) is -5.65. The lowest BCUT2D eigenvalue weighted by molar-refractivity contribution is 0.0730. The summed E-state index contributed by atoms with van der Waals surface area (Å²) in [6.07, 6.45) is 0. The van der Waals surface area contributed by atoms with E-state index in [9.17, 15) is 21.6 Å². The molecular formula is C24H32N4O7S2. The van der Waals surface area contributed by atoms with Crippen LogP contribution in [0.1, 0.15) is 10.4 Å². The number of hydrogen-bond acceptors (Lipinski definition) is 8. The lowest BCUT2D eigenvalue weighted by Crippen LogP contribution is -2.50. The van der Waals surface area contributed by atoms with Crippen LogP contribution in [0.3, 0.4) is 0 Å². The molecule has 202 valence electrons. The first-order chi connectivity index (χ1) is 17.7. The van der Waals surface area contributed by atoms with E-state index < -0.39 is 20.0 Å². The third-order valence-electron chi connectivity index (χ3n) is 6.47. The summed E-state index contributed by atoms with van der Waals surface area (Å²) < 4.78 is 64.4. The first kappa shape index (κ1) is 27.5. The Kier molecular flexibility index (Phi) is 8.82. The molecule has 2 heterocycles. The molecular weight excluding hydrogens is 520 g/mol. The van der Waals surface area contributed by atoms with Crippen LogP contribution < -0.4 is 10.1 Å². The Morgan fingerprint density at radius 2 is 1.32 bits per heavy atom. The molecule has 2 aromatic rings. The fourth-order valence-electron chi connectivity index (χ4n) is 4.23. The van der Waals surface area contributed by atoms with E-state index in [-0.39, 0.29) is 15.7 Å². The second-order valence-electron chi connectivity index (χ2n) is 8.72. The Bertz CT molecular complexity index is 1270. The van der Waals surface area contributed by atoms with Crippen LogP contribution in [0.5, 0.6) is 5.75 Å². The van der Waals surface area contributed by atoms with E-state index in [4.69, 9.17) is 9.47 Å². The summed E-state index contributed by atoms with van der Waals surface area (Å²) in [5, 5.41) is 2.85. The smallest absolute Gasteiger partial charge is 0.251 e. The summed E-state index contributed by atoms with van der Waals surface area (Å²) in [6.45, 7) is 4.16. The van der Waals surface area contributed by atoms with Crippen LogP contribution in [-0.4, -0.2) is 109 Å². The van der Waals surface area contributed by atoms with Crippen molar-refractivity contribution in [1.29, 1.82) is 0 Å². The van der Waals surface area contributed by atoms with Gasteiger partial charge in [-0.05, 0) is 48.5 Å². The van der Waals surface area contributed by atoms with Crippen LogP contribution in [0.25, 0.3) is 0 Å². The highest BCUT2D eigenvalue weighted by molar-refractivity contribution is 7.89. The second kappa shape index (κ2) is 11.9. The van der Waals surface area contributed by atoms with E-state index >= 15 is 0 Å². The number of sulfonamides is 2. The highest BCUT2D eigenvalue weighted by Crippen LogP contribution is 2.21. The van der Waals surface area contributed by atoms with Gasteiger partial charge in [-0.3, -0.25) is 9.69 Å². The van der Waals surface area contributed by atoms with Gasteiger partial charge < -0.3 is 14.8 Å². The molecule has 2 fully saturated rings. The maximum absolute atomic E-state index is 12.9. The molecule has 11 nitrogen and oxygen atoms in total. The van der Waals surface area contributed by atoms with Crippen molar-refractivity contribution < 1.29 is 31.1 Å². The fourth-order valence-corrected chi connectivity index (χ4v) is 7.06. The lowest BCUT2D eigenvalue weighted by atomic mass is 10.2. The number of ether oxygens (including phenoxy) is 2. The van der Waals surface area contributed by atoms with Crippen molar-refractivity contribution in [2.24, 2.45) is 0 Å². The number of benzene rings is 2. The van der Waals surface area contributed by atoms with Crippen LogP contribution in [0.4, 0.5) is 0 Å². The zero-order valence-corrected chi connectivity index (χ0v) is 22.3. The summed E-state index contributed by atoms with van der Waals surface area (Å²) in [5.74, 6) is 0.302. The van der Waals surface area contributed by atoms with Crippen molar-refractivity contribution >= 4 is 26.0 Å². The zero-order chi connectivity index (χ0) is 26.5. The van der Waals surface area contributed by atoms with Gasteiger partial charge in [-0.15, -0.1) is 0 Å². The predicted octanol–water partition coefficient (Wildman–Crippen LogP) is 0.452. The monoisotopic (exact) mass is 552 g/mol. The second-order valence-corrected chi connectivity index (χ2v) is 12.6. The normalized spacial score (nSPS) is 18.4. The van der Waals surface area contributed by atoms with Crippen molar-refractivity contribution in [1.82, 2.24) is 18.8 Å². The molecule has 2 aliphatic heterocycles. The molecule has 0 bridgehead atoms. The molecule has 0 aliphatic carbocycles. The molecule has 2 aromatic carbocycles. The number of piperazine rings is 1. The Labute approximate surface area is 218 Å². The molecule has 0 radical (unpaired) electrons. The minimum Gasteiger partial charge on any atom is -0.497 e. The fraction of sp³-hybridized carbons (Fsp3) is 0.458. The van der Waals surface area contributed by atoms with E-state index in [0.29, 0.717) is 76.9 Å². The number of nitrogens with zero attached hydrogens (tertiary/aromatic N) is 3. The maximum Gasteiger partial charge on any atom is 0.251 e. The largest absolute Gasteiger partial charge is 0.497 e. The van der Waals surface area contributed by atoms with E-state index in [1.54, 1.807) is 24.3 Å². The molecule has 1 amide bonds. The van der Waals surface area contributed by atoms with Gasteiger partial charge in [0.2, 0.25) is 20.0 Å². The van der Waals surface area contributed by atoms with Gasteiger partial charge in [0.25, 0.3) is 5.91 Å². The highest BCUT2D eigenvalue weighted by atomic mass is 32.2. The molecule has 2 saturated heterocycles. The van der Waals surface area contributed by atoms with Crippen LogP contribution in [0, 0.1) is 0 Å². The average molecular weight is 553 g/mol. The van der Waals surface area contributed by atoms with Gasteiger partial charge in [0, 0.05) is 57.9 Å². The molecule has 0 saturated carbocycles. The van der Waals surface area contributed by atoms with Gasteiger partial charge in [-0.2, -0.15) is 8.61 Å². The summed E-state index contributed by atoms with van der Waals surface area (Å²) in [6, 6.07) is 12.2. The minimum absolute atomic E-state index is 0.147. The summed E-state index contributed by atoms with van der Waals surface area (Å²) in [4.78, 5) is 15.0. The standard InChI is InChI=1S/C24H32N4O7S2/c1-34-21-4-8-23(9-5-21)36(30,31)27-14-12-26(13-15-27)11-10-25-24(29)20-2-6-22(7-3-20)37(32,33)28-16-18-35-19-17-28/h2-9H,10-19H2,1H3,(H,25,29). The van der Waals surface area contributed by atoms with E-state index in [1.807, 2.05) is 0 Å². The average Bonchev–Trinajstić information content (AvgIpc) is 2.94. The maximum atomic E-state index is 12.9. The van der Waals surface area contributed by atoms with E-state index in [0.717, 1.165) is 0 Å². The molecule has 0 unspecified atom stereocenters. The molecule has 0 spiro atoms. The predicted molar refractivity (Wildman–Crippen MR) is 137 cm³/mol. The number of hydrogen-bond donors (Lipinski definition) is 1. The Balaban J connectivity index is 1.23. The van der Waals surface area contributed by atoms with Gasteiger partial charge in [-0.25, -0.2) is 16.8 Å². The SMILES string of the molecule is COc1ccc(S(=O)(=O)N2CCN(CCNC(=O)c3ccc(S(=O)(=O)N4CCOCC4)cc3)CC2)cc1. The summed E-state index contributed by atoms with van der Waals surface area (Å²) >= 11 is 0. The summed E-state index contributed by atoms with van der Waals surface area (Å²) in [5.41, 5.74) is 0.372. The minimum atomic E-state index is -3.61. The first-order valence-electron chi connectivity index (χ1n) is 12.0. The van der Waals surface area contributed by atoms with Gasteiger partial charge >= 0.3 is 0 Å². The quantitative estimate of drug-likeness (QED) is 0.476. The van der Waals surface area contributed by atoms with E-state index in [1.165, 1.54) is 40.0 Å². The molecule has 0 atom stereocenters. The number of carbonyl (C=O) groups excluding carboxylic acids is 1. The van der Waals surface area contributed by atoms with Gasteiger partial charge in [0.1, 0.15) is 5.75 Å². The number of morpholine rings is 1. The number of carbonyl (C=O) groups is 1. The Hall–Kier alpha value is -2.55. The van der Waals surface area contributed by atoms with Crippen molar-refractivity contribution in [3.63, 3.8) is 0 Å². The van der Waals surface area contributed by atoms with Crippen molar-refractivity contribution in [3.05, 3.63) is 54.1 Å². The number of rotatable bonds is 9. The van der Waals surface area contributed by atoms with Gasteiger partial charge in [-0.1, -0.05) is 0 Å². The number of nitrogens with one attached hydrogen (secondary N) is 1. The third kappa shape index (κ3) is 6.48. The Morgan fingerprint density at radius 1 is 0.811 bits per heavy atom. The molecule has 37 heavy (non-hydrogen) atoms. The van der Waals surface area contributed by atoms with Crippen LogP contribution >= 0.6 is 0 Å². The number of amides is 1. The molecule has 0 aromatic heterocycles. The van der Waals surface area contributed by atoms with Crippen LogP contribution in [0.2, 0.25) is 0 Å². The first-order valence-corrected chi connectivity index (χ1v) is 14.9. The lowest BCUT2D eigenvalue weighted by Gasteiger charge is -2.34. The molecule has 4 rings (SSSR count). The number of methoxy groups -OCH3 is 1. The topological polar surface area (TPSA) is 126 Å². The molecule has 2 aliphatic rings. The van der Waals surface area contributed by atoms with Crippen molar-refractivity contribution in [2.45, 2.75) is 9.79 Å². The van der Waals surface area contributed by atoms with Crippen molar-refractivity contribution in [3.8, 4) is 5.75 Å². The van der Waals surface area contributed by atoms with Gasteiger partial charge in [0.15, 0.2) is 0 Å². The van der Waals surface area contributed by atoms with Crippen LogP contribution in [0.15, 0.2) is 58.3 Å². The third-order valence-corrected chi connectivity index (χ3v) is 10.3. The highest BCUT2D eigenvalue weighted by Gasteiger charge is 2.29. The molecule has 13 heteroatoms. The van der Waals surface area contributed by atoms with Crippen molar-refractivity contribution in [2.75, 3.05) is 72.7 Å². The van der Waals surface area contributed by atoms with Gasteiger partial charge in [0.05, 0.1) is 30.1 Å². The van der Waals surface area contributed by atoms with E-state index in [2.05, 4.69) is 10.2 Å².